The zero-order valence-corrected chi connectivity index (χ0v) is 33.0. The summed E-state index contributed by atoms with van der Waals surface area (Å²) < 4.78 is 68.1. The van der Waals surface area contributed by atoms with E-state index < -0.39 is 85.8 Å². The van der Waals surface area contributed by atoms with E-state index in [0.717, 1.165) is 17.2 Å². The molecule has 0 saturated carbocycles. The average Bonchev–Trinajstić information content (AvgIpc) is 3.64. The monoisotopic (exact) mass is 788 g/mol. The summed E-state index contributed by atoms with van der Waals surface area (Å²) >= 11 is 0. The Morgan fingerprint density at radius 1 is 1.02 bits per heavy atom. The number of anilines is 1. The molecule has 266 valence electrons. The fraction of sp³-hybridized carbons (Fsp3) is 0.500. The quantitative estimate of drug-likeness (QED) is 0.0388. The van der Waals surface area contributed by atoms with Crippen LogP contribution in [0.2, 0.25) is 0 Å². The van der Waals surface area contributed by atoms with Crippen LogP contribution >= 0.6 is 23.5 Å². The van der Waals surface area contributed by atoms with Crippen LogP contribution in [0.25, 0.3) is 11.2 Å². The molecule has 0 aromatic carbocycles. The molecule has 2 radical (unpaired) electrons. The van der Waals surface area contributed by atoms with E-state index in [0.29, 0.717) is 0 Å². The Balaban J connectivity index is 0.00000338. The van der Waals surface area contributed by atoms with Gasteiger partial charge in [0.15, 0.2) is 42.0 Å². The SMILES string of the molecule is CC(=O)c1ccc[n+]([C@@H]2O[C@H](COP(=O)([O-])OP(=O)(O)OC[C@H]3O[C@@H](n4cnc5c(N)ncnc54)[C@H](O)[C@@H]3OP(=O)(O)O)[C@@H](O)[C@H]2O)c1.[Na].[Na]. The number of Topliss-reactive ketones (excluding diaryl/α,β-unsaturated/α-hetero) is 1. The van der Waals surface area contributed by atoms with Gasteiger partial charge in [-0.05, 0) is 13.0 Å². The van der Waals surface area contributed by atoms with Gasteiger partial charge in [-0.2, -0.15) is 4.57 Å². The first-order chi connectivity index (χ1) is 22.4. The van der Waals surface area contributed by atoms with Crippen molar-refractivity contribution < 1.29 is 85.3 Å². The molecule has 50 heavy (non-hydrogen) atoms. The van der Waals surface area contributed by atoms with E-state index in [2.05, 4.69) is 32.8 Å². The van der Waals surface area contributed by atoms with Crippen LogP contribution in [-0.2, 0) is 41.1 Å². The number of ether oxygens (including phenoxy) is 2. The molecule has 2 unspecified atom stereocenters. The Kier molecular flexibility index (Phi) is 15.1. The Hall–Kier alpha value is -0.660. The summed E-state index contributed by atoms with van der Waals surface area (Å²) in [5.41, 5.74) is 6.12. The second-order valence-electron chi connectivity index (χ2n) is 10.4. The standard InChI is InChI=1S/C22H29N6O17P3.2Na/c1-10(29)11-3-2-4-27(5-11)21-16(31)15(30)12(42-21)6-40-47(36,37)45-48(38,39)41-7-13-18(44-46(33,34)35)17(32)22(43-13)28-9-26-14-19(23)24-8-25-20(14)28;;/h2-5,8-9,12-13,15-18,21-22,30-32H,6-7H2,1H3,(H5-,23,24,25,33,34,35,36,37,38,39);;/t12-,13-,15-,16-,17-,18-,21-,22-;;/m1../s1. The van der Waals surface area contributed by atoms with Crippen LogP contribution in [0.5, 0.6) is 0 Å². The Bertz CT molecular complexity index is 1820. The smallest absolute Gasteiger partial charge is 0.478 e. The average molecular weight is 788 g/mol. The molecular formula is C22H29N6Na2O17P3. The number of carbonyl (C=O) groups excluding carboxylic acids is 1. The number of phosphoric acid groups is 3. The van der Waals surface area contributed by atoms with Crippen LogP contribution in [0.4, 0.5) is 5.82 Å². The van der Waals surface area contributed by atoms with Gasteiger partial charge in [0.1, 0.15) is 42.4 Å². The first-order valence-electron chi connectivity index (χ1n) is 13.5. The number of fused-ring (bicyclic) bond motifs is 1. The number of nitrogens with zero attached hydrogens (tertiary/aromatic N) is 5. The molecular weight excluding hydrogens is 759 g/mol. The molecule has 5 rings (SSSR count). The molecule has 2 fully saturated rings. The molecule has 2 aliphatic heterocycles. The largest absolute Gasteiger partial charge is 0.756 e. The van der Waals surface area contributed by atoms with E-state index in [4.69, 9.17) is 15.2 Å². The van der Waals surface area contributed by atoms with E-state index in [-0.39, 0.29) is 87.4 Å². The molecule has 0 amide bonds. The van der Waals surface area contributed by atoms with E-state index in [9.17, 15) is 53.4 Å². The molecule has 10 atom stereocenters. The number of aliphatic hydroxyl groups is 3. The number of imidazole rings is 1. The Morgan fingerprint density at radius 2 is 1.70 bits per heavy atom. The maximum Gasteiger partial charge on any atom is 0.478 e. The minimum atomic E-state index is -5.73. The number of carbonyl (C=O) groups is 1. The van der Waals surface area contributed by atoms with Crippen molar-refractivity contribution in [3.8, 4) is 0 Å². The molecule has 5 heterocycles. The normalized spacial score (nSPS) is 29.1. The van der Waals surface area contributed by atoms with Crippen molar-refractivity contribution in [1.29, 1.82) is 0 Å². The number of aliphatic hydroxyl groups excluding tert-OH is 3. The molecule has 0 spiro atoms. The fourth-order valence-electron chi connectivity index (χ4n) is 4.91. The van der Waals surface area contributed by atoms with E-state index in [1.54, 1.807) is 0 Å². The third-order valence-corrected chi connectivity index (χ3v) is 10.2. The third kappa shape index (κ3) is 10.3. The van der Waals surface area contributed by atoms with Crippen LogP contribution < -0.4 is 15.2 Å². The predicted octanol–water partition coefficient (Wildman–Crippen LogP) is -3.19. The number of nitrogens with two attached hydrogens (primary N) is 1. The van der Waals surface area contributed by atoms with Crippen molar-refractivity contribution in [2.75, 3.05) is 18.9 Å². The van der Waals surface area contributed by atoms with Crippen LogP contribution in [0.1, 0.15) is 29.7 Å². The van der Waals surface area contributed by atoms with E-state index in [1.165, 1.54) is 36.0 Å². The number of ketones is 1. The molecule has 8 N–H and O–H groups in total. The topological polar surface area (TPSA) is 342 Å². The summed E-state index contributed by atoms with van der Waals surface area (Å²) in [6.45, 7) is -0.838. The first kappa shape index (κ1) is 43.7. The summed E-state index contributed by atoms with van der Waals surface area (Å²) in [6, 6.07) is 2.97. The van der Waals surface area contributed by atoms with Gasteiger partial charge in [-0.3, -0.25) is 23.0 Å². The zero-order chi connectivity index (χ0) is 35.2. The first-order valence-corrected chi connectivity index (χ1v) is 18.0. The van der Waals surface area contributed by atoms with Crippen molar-refractivity contribution in [1.82, 2.24) is 19.5 Å². The number of rotatable bonds is 13. The summed E-state index contributed by atoms with van der Waals surface area (Å²) in [7, 11) is -16.7. The maximum absolute atomic E-state index is 12.6. The Morgan fingerprint density at radius 3 is 2.36 bits per heavy atom. The summed E-state index contributed by atoms with van der Waals surface area (Å²) in [5, 5.41) is 31.6. The van der Waals surface area contributed by atoms with Crippen LogP contribution in [0.15, 0.2) is 37.2 Å². The van der Waals surface area contributed by atoms with Crippen molar-refractivity contribution >= 4 is 105 Å². The van der Waals surface area contributed by atoms with Crippen LogP contribution in [0.3, 0.4) is 0 Å². The molecule has 2 saturated heterocycles. The molecule has 3 aromatic rings. The second-order valence-corrected chi connectivity index (χ2v) is 14.6. The molecule has 0 bridgehead atoms. The zero-order valence-electron chi connectivity index (χ0n) is 26.3. The van der Waals surface area contributed by atoms with Crippen molar-refractivity contribution in [2.24, 2.45) is 0 Å². The Labute approximate surface area is 325 Å². The summed E-state index contributed by atoms with van der Waals surface area (Å²) in [4.78, 5) is 64.7. The predicted molar refractivity (Wildman–Crippen MR) is 161 cm³/mol. The third-order valence-electron chi connectivity index (χ3n) is 7.09. The maximum atomic E-state index is 12.6. The van der Waals surface area contributed by atoms with E-state index >= 15 is 0 Å². The van der Waals surface area contributed by atoms with Gasteiger partial charge in [-0.15, -0.1) is 0 Å². The minimum absolute atomic E-state index is 0. The van der Waals surface area contributed by atoms with Crippen molar-refractivity contribution in [2.45, 2.75) is 56.0 Å². The summed E-state index contributed by atoms with van der Waals surface area (Å²) in [5.74, 6) is -0.342. The molecule has 23 nitrogen and oxygen atoms in total. The van der Waals surface area contributed by atoms with Crippen LogP contribution in [-0.4, -0.2) is 164 Å². The molecule has 3 aromatic heterocycles. The number of nitrogen functional groups attached to an aromatic ring is 1. The van der Waals surface area contributed by atoms with Gasteiger partial charge in [0, 0.05) is 65.2 Å². The van der Waals surface area contributed by atoms with Gasteiger partial charge in [0.2, 0.25) is 0 Å². The van der Waals surface area contributed by atoms with E-state index in [1.807, 2.05) is 0 Å². The van der Waals surface area contributed by atoms with Crippen molar-refractivity contribution in [3.63, 3.8) is 0 Å². The van der Waals surface area contributed by atoms with Gasteiger partial charge >= 0.3 is 15.6 Å². The van der Waals surface area contributed by atoms with Gasteiger partial charge in [-0.1, -0.05) is 0 Å². The number of hydrogen-bond acceptors (Lipinski definition) is 18. The number of phosphoric ester groups is 3. The molecule has 0 aliphatic carbocycles. The second kappa shape index (κ2) is 17.2. The van der Waals surface area contributed by atoms with Gasteiger partial charge < -0.3 is 54.6 Å². The van der Waals surface area contributed by atoms with Gasteiger partial charge in [0.25, 0.3) is 14.1 Å². The molecule has 2 aliphatic rings. The number of hydrogen-bond donors (Lipinski definition) is 7. The van der Waals surface area contributed by atoms with Gasteiger partial charge in [-0.25, -0.2) is 28.4 Å². The number of aromatic nitrogens is 5. The van der Waals surface area contributed by atoms with Crippen LogP contribution in [0, 0.1) is 0 Å². The van der Waals surface area contributed by atoms with Gasteiger partial charge in [0.05, 0.1) is 25.1 Å². The van der Waals surface area contributed by atoms with Crippen molar-refractivity contribution in [3.05, 3.63) is 42.7 Å². The fourth-order valence-corrected chi connectivity index (χ4v) is 7.54. The molecule has 28 heteroatoms. The number of pyridine rings is 1. The summed E-state index contributed by atoms with van der Waals surface area (Å²) in [6.07, 6.45) is -8.21. The minimum Gasteiger partial charge on any atom is -0.756 e.